The molecule has 14 heteroatoms. The summed E-state index contributed by atoms with van der Waals surface area (Å²) in [7, 11) is -4.74. The maximum absolute atomic E-state index is 15.4. The van der Waals surface area contributed by atoms with E-state index in [2.05, 4.69) is 20.6 Å². The molecule has 0 aliphatic carbocycles. The largest absolute Gasteiger partial charge is 0.368 e. The first kappa shape index (κ1) is 27.1. The van der Waals surface area contributed by atoms with Crippen molar-refractivity contribution in [1.82, 2.24) is 9.97 Å². The number of aryl methyl sites for hydroxylation is 1. The van der Waals surface area contributed by atoms with E-state index in [9.17, 15) is 22.0 Å². The lowest BCUT2D eigenvalue weighted by Crippen LogP contribution is -2.18. The predicted octanol–water partition coefficient (Wildman–Crippen LogP) is 4.43. The molecule has 4 aromatic rings. The molecule has 9 nitrogen and oxygen atoms in total. The van der Waals surface area contributed by atoms with Crippen molar-refractivity contribution in [3.8, 4) is 0 Å². The number of carbonyl (C=O) groups excluding carboxylic acids is 1. The number of nitrogens with one attached hydrogen (secondary N) is 3. The van der Waals surface area contributed by atoms with E-state index in [-0.39, 0.29) is 16.1 Å². The summed E-state index contributed by atoms with van der Waals surface area (Å²) in [4.78, 5) is 20.6. The van der Waals surface area contributed by atoms with E-state index in [1.165, 1.54) is 12.4 Å². The second-order valence-electron chi connectivity index (χ2n) is 8.06. The van der Waals surface area contributed by atoms with Crippen LogP contribution in [-0.2, 0) is 10.0 Å². The number of halogens is 4. The molecule has 0 fully saturated rings. The van der Waals surface area contributed by atoms with Crippen LogP contribution < -0.4 is 21.1 Å². The average Bonchev–Trinajstić information content (AvgIpc) is 2.87. The maximum atomic E-state index is 15.4. The van der Waals surface area contributed by atoms with Crippen LogP contribution in [0.5, 0.6) is 0 Å². The Kier molecular flexibility index (Phi) is 7.71. The van der Waals surface area contributed by atoms with Crippen LogP contribution in [0.2, 0.25) is 5.02 Å². The predicted molar refractivity (Wildman–Crippen MR) is 138 cm³/mol. The monoisotopic (exact) mass is 564 g/mol. The van der Waals surface area contributed by atoms with Gasteiger partial charge in [0, 0.05) is 18.5 Å². The molecule has 1 aromatic heterocycles. The molecular weight excluding hydrogens is 545 g/mol. The molecule has 3 aromatic carbocycles. The maximum Gasteiger partial charge on any atom is 0.265 e. The van der Waals surface area contributed by atoms with Crippen molar-refractivity contribution in [3.05, 3.63) is 82.4 Å². The molecule has 0 saturated carbocycles. The third kappa shape index (κ3) is 5.49. The second-order valence-corrected chi connectivity index (χ2v) is 10.1. The summed E-state index contributed by atoms with van der Waals surface area (Å²) >= 11 is 6.11. The smallest absolute Gasteiger partial charge is 0.265 e. The van der Waals surface area contributed by atoms with E-state index in [0.29, 0.717) is 42.0 Å². The van der Waals surface area contributed by atoms with E-state index in [4.69, 9.17) is 17.3 Å². The third-order valence-electron chi connectivity index (χ3n) is 5.32. The van der Waals surface area contributed by atoms with Gasteiger partial charge in [0.05, 0.1) is 27.5 Å². The fraction of sp³-hybridized carbons (Fsp3) is 0.125. The van der Waals surface area contributed by atoms with E-state index in [1.54, 1.807) is 13.0 Å². The van der Waals surface area contributed by atoms with Crippen molar-refractivity contribution in [1.29, 1.82) is 0 Å². The van der Waals surface area contributed by atoms with Crippen molar-refractivity contribution in [2.24, 2.45) is 5.73 Å². The Morgan fingerprint density at radius 3 is 2.58 bits per heavy atom. The van der Waals surface area contributed by atoms with Gasteiger partial charge in [0.1, 0.15) is 28.7 Å². The molecule has 0 spiro atoms. The van der Waals surface area contributed by atoms with E-state index in [0.717, 1.165) is 18.2 Å². The SMILES string of the molecule is Cc1cc(C(=O)Nc2c(Cl)ccc(NS(=O)(=O)c3cc(F)ccc3F)c2F)c2ncnc(NCCN)c2c1. The number of carbonyl (C=O) groups is 1. The van der Waals surface area contributed by atoms with Crippen molar-refractivity contribution < 1.29 is 26.4 Å². The zero-order valence-corrected chi connectivity index (χ0v) is 21.2. The summed E-state index contributed by atoms with van der Waals surface area (Å²) in [5.74, 6) is -3.84. The second kappa shape index (κ2) is 10.8. The van der Waals surface area contributed by atoms with E-state index in [1.807, 2.05) is 4.72 Å². The highest BCUT2D eigenvalue weighted by Gasteiger charge is 2.24. The van der Waals surface area contributed by atoms with Crippen molar-refractivity contribution in [2.75, 3.05) is 28.4 Å². The van der Waals surface area contributed by atoms with Crippen LogP contribution in [0, 0.1) is 24.4 Å². The summed E-state index contributed by atoms with van der Waals surface area (Å²) in [6.45, 7) is 2.50. The number of amides is 1. The van der Waals surface area contributed by atoms with Crippen LogP contribution in [0.25, 0.3) is 10.9 Å². The summed E-state index contributed by atoms with van der Waals surface area (Å²) in [5, 5.41) is 5.67. The number of nitrogens with two attached hydrogens (primary N) is 1. The number of hydrogen-bond acceptors (Lipinski definition) is 7. The molecule has 1 heterocycles. The van der Waals surface area contributed by atoms with Crippen molar-refractivity contribution in [3.63, 3.8) is 0 Å². The minimum atomic E-state index is -4.74. The fourth-order valence-electron chi connectivity index (χ4n) is 3.63. The standard InChI is InChI=1S/C24H20ClF3N6O3S/c1-12-8-14-21(31-11-32-23(14)30-7-6-29)15(9-12)24(35)33-22-16(25)3-5-18(20(22)28)34-38(36,37)19-10-13(26)2-4-17(19)27/h2-5,8-11,34H,6-7,29H2,1H3,(H,33,35)(H,30,31,32). The van der Waals surface area contributed by atoms with Crippen LogP contribution in [0.3, 0.4) is 0 Å². The Balaban J connectivity index is 1.70. The van der Waals surface area contributed by atoms with E-state index >= 15 is 4.39 Å². The van der Waals surface area contributed by atoms with Gasteiger partial charge in [-0.1, -0.05) is 11.6 Å². The summed E-state index contributed by atoms with van der Waals surface area (Å²) < 4.78 is 70.1. The quantitative estimate of drug-likeness (QED) is 0.248. The molecule has 0 aliphatic heterocycles. The molecule has 38 heavy (non-hydrogen) atoms. The van der Waals surface area contributed by atoms with Gasteiger partial charge in [0.2, 0.25) is 0 Å². The average molecular weight is 565 g/mol. The summed E-state index contributed by atoms with van der Waals surface area (Å²) in [6, 6.07) is 7.22. The molecule has 0 atom stereocenters. The number of hydrogen-bond donors (Lipinski definition) is 4. The van der Waals surface area contributed by atoms with Crippen LogP contribution in [0.1, 0.15) is 15.9 Å². The fourth-order valence-corrected chi connectivity index (χ4v) is 4.97. The van der Waals surface area contributed by atoms with Gasteiger partial charge in [-0.05, 0) is 55.0 Å². The minimum Gasteiger partial charge on any atom is -0.368 e. The molecule has 1 amide bonds. The van der Waals surface area contributed by atoms with Crippen LogP contribution >= 0.6 is 11.6 Å². The van der Waals surface area contributed by atoms with Gasteiger partial charge in [-0.3, -0.25) is 9.52 Å². The molecule has 198 valence electrons. The highest BCUT2D eigenvalue weighted by Crippen LogP contribution is 2.33. The normalized spacial score (nSPS) is 11.4. The number of benzene rings is 3. The van der Waals surface area contributed by atoms with Gasteiger partial charge in [0.25, 0.3) is 15.9 Å². The number of anilines is 3. The van der Waals surface area contributed by atoms with E-state index < -0.39 is 49.7 Å². The highest BCUT2D eigenvalue weighted by molar-refractivity contribution is 7.92. The molecule has 0 saturated heterocycles. The van der Waals surface area contributed by atoms with Gasteiger partial charge in [-0.2, -0.15) is 0 Å². The Morgan fingerprint density at radius 2 is 1.84 bits per heavy atom. The molecule has 4 rings (SSSR count). The number of rotatable bonds is 8. The third-order valence-corrected chi connectivity index (χ3v) is 7.02. The minimum absolute atomic E-state index is 0.0708. The zero-order chi connectivity index (χ0) is 27.6. The lowest BCUT2D eigenvalue weighted by molar-refractivity contribution is 0.102. The number of nitrogens with zero attached hydrogens (tertiary/aromatic N) is 2. The van der Waals surface area contributed by atoms with Gasteiger partial charge in [0.15, 0.2) is 5.82 Å². The van der Waals surface area contributed by atoms with Crippen molar-refractivity contribution in [2.45, 2.75) is 11.8 Å². The Hall–Kier alpha value is -3.94. The van der Waals surface area contributed by atoms with Gasteiger partial charge in [-0.25, -0.2) is 31.6 Å². The lowest BCUT2D eigenvalue weighted by atomic mass is 10.1. The Labute approximate surface area is 220 Å². The number of fused-ring (bicyclic) bond motifs is 1. The first-order valence-electron chi connectivity index (χ1n) is 11.0. The lowest BCUT2D eigenvalue weighted by Gasteiger charge is -2.15. The Morgan fingerprint density at radius 1 is 1.08 bits per heavy atom. The van der Waals surface area contributed by atoms with Crippen LogP contribution in [0.4, 0.5) is 30.4 Å². The molecule has 0 radical (unpaired) electrons. The van der Waals surface area contributed by atoms with Crippen LogP contribution in [0.15, 0.2) is 53.7 Å². The molecule has 5 N–H and O–H groups in total. The van der Waals surface area contributed by atoms with Crippen LogP contribution in [-0.4, -0.2) is 37.4 Å². The molecule has 0 bridgehead atoms. The van der Waals surface area contributed by atoms with Gasteiger partial charge in [-0.15, -0.1) is 0 Å². The van der Waals surface area contributed by atoms with Gasteiger partial charge < -0.3 is 16.4 Å². The summed E-state index contributed by atoms with van der Waals surface area (Å²) in [6.07, 6.45) is 1.25. The zero-order valence-electron chi connectivity index (χ0n) is 19.6. The number of sulfonamides is 1. The topological polar surface area (TPSA) is 139 Å². The molecule has 0 unspecified atom stereocenters. The first-order chi connectivity index (χ1) is 18.0. The van der Waals surface area contributed by atoms with Gasteiger partial charge >= 0.3 is 0 Å². The Bertz CT molecular complexity index is 1670. The molecular formula is C24H20ClF3N6O3S. The first-order valence-corrected chi connectivity index (χ1v) is 12.8. The highest BCUT2D eigenvalue weighted by atomic mass is 35.5. The summed E-state index contributed by atoms with van der Waals surface area (Å²) in [5.41, 5.74) is 5.36. The molecule has 0 aliphatic rings. The number of aromatic nitrogens is 2. The van der Waals surface area contributed by atoms with Crippen molar-refractivity contribution >= 4 is 55.6 Å².